The number of rotatable bonds is 5. The lowest BCUT2D eigenvalue weighted by Crippen LogP contribution is -2.50. The Morgan fingerprint density at radius 3 is 2.96 bits per heavy atom. The van der Waals surface area contributed by atoms with Crippen LogP contribution >= 0.6 is 11.8 Å². The van der Waals surface area contributed by atoms with Gasteiger partial charge in [-0.15, -0.1) is 0 Å². The summed E-state index contributed by atoms with van der Waals surface area (Å²) in [5.74, 6) is 1.20. The number of carbonyl (C=O) groups excluding carboxylic acids is 2. The van der Waals surface area contributed by atoms with Gasteiger partial charge in [0, 0.05) is 17.8 Å². The number of amides is 2. The minimum absolute atomic E-state index is 0.00370. The van der Waals surface area contributed by atoms with Crippen LogP contribution in [0.4, 0.5) is 0 Å². The molecule has 1 aliphatic heterocycles. The Balaban J connectivity index is 1.63. The van der Waals surface area contributed by atoms with Crippen molar-refractivity contribution in [3.05, 3.63) is 24.2 Å². The summed E-state index contributed by atoms with van der Waals surface area (Å²) in [7, 11) is 0. The molecule has 1 aromatic rings. The van der Waals surface area contributed by atoms with Gasteiger partial charge in [0.25, 0.3) is 5.91 Å². The van der Waals surface area contributed by atoms with Gasteiger partial charge < -0.3 is 14.6 Å². The Labute approximate surface area is 141 Å². The highest BCUT2D eigenvalue weighted by Crippen LogP contribution is 2.30. The third kappa shape index (κ3) is 3.57. The summed E-state index contributed by atoms with van der Waals surface area (Å²) in [6.45, 7) is 2.78. The van der Waals surface area contributed by atoms with Crippen LogP contribution in [0.1, 0.15) is 49.6 Å². The summed E-state index contributed by atoms with van der Waals surface area (Å²) in [5, 5.41) is 3.72. The van der Waals surface area contributed by atoms with E-state index in [0.29, 0.717) is 17.6 Å². The second-order valence-corrected chi connectivity index (χ2v) is 7.69. The van der Waals surface area contributed by atoms with E-state index in [1.54, 1.807) is 17.0 Å². The zero-order chi connectivity index (χ0) is 16.2. The first-order chi connectivity index (χ1) is 11.2. The van der Waals surface area contributed by atoms with Crippen LogP contribution in [0.5, 0.6) is 0 Å². The Hall–Kier alpha value is -1.43. The van der Waals surface area contributed by atoms with E-state index in [1.165, 1.54) is 19.1 Å². The lowest BCUT2D eigenvalue weighted by Gasteiger charge is -2.26. The highest BCUT2D eigenvalue weighted by Gasteiger charge is 2.37. The Bertz CT molecular complexity index is 546. The summed E-state index contributed by atoms with van der Waals surface area (Å²) < 4.78 is 5.19. The molecule has 2 amide bonds. The van der Waals surface area contributed by atoms with Crippen LogP contribution < -0.4 is 5.32 Å². The van der Waals surface area contributed by atoms with E-state index in [9.17, 15) is 9.59 Å². The van der Waals surface area contributed by atoms with Crippen LogP contribution in [0.15, 0.2) is 22.8 Å². The Kier molecular flexibility index (Phi) is 5.30. The molecule has 2 aliphatic rings. The quantitative estimate of drug-likeness (QED) is 0.898. The minimum Gasteiger partial charge on any atom is -0.459 e. The maximum Gasteiger partial charge on any atom is 0.290 e. The predicted octanol–water partition coefficient (Wildman–Crippen LogP) is 2.67. The zero-order valence-corrected chi connectivity index (χ0v) is 14.3. The molecule has 1 saturated carbocycles. The number of hydrogen-bond donors (Lipinski definition) is 1. The van der Waals surface area contributed by atoms with Gasteiger partial charge in [0.1, 0.15) is 6.04 Å². The Morgan fingerprint density at radius 1 is 1.35 bits per heavy atom. The molecule has 1 aromatic heterocycles. The van der Waals surface area contributed by atoms with E-state index < -0.39 is 0 Å². The summed E-state index contributed by atoms with van der Waals surface area (Å²) in [6, 6.07) is 3.23. The lowest BCUT2D eigenvalue weighted by atomic mass is 10.1. The van der Waals surface area contributed by atoms with Gasteiger partial charge in [0.05, 0.1) is 6.26 Å². The SMILES string of the molecule is CCS[C@H]1CCC[C@H]1NC(=O)[C@@H]1CCCN1C(=O)c1ccco1. The van der Waals surface area contributed by atoms with Crippen molar-refractivity contribution in [1.29, 1.82) is 0 Å². The number of hydrogen-bond acceptors (Lipinski definition) is 4. The molecule has 3 atom stereocenters. The largest absolute Gasteiger partial charge is 0.459 e. The molecule has 126 valence electrons. The summed E-state index contributed by atoms with van der Waals surface area (Å²) in [4.78, 5) is 26.8. The van der Waals surface area contributed by atoms with Gasteiger partial charge >= 0.3 is 0 Å². The summed E-state index contributed by atoms with van der Waals surface area (Å²) in [6.07, 6.45) is 6.47. The van der Waals surface area contributed by atoms with Crippen molar-refractivity contribution in [2.45, 2.75) is 56.4 Å². The highest BCUT2D eigenvalue weighted by atomic mass is 32.2. The van der Waals surface area contributed by atoms with Gasteiger partial charge in [-0.25, -0.2) is 0 Å². The topological polar surface area (TPSA) is 62.6 Å². The average Bonchev–Trinajstić information content (AvgIpc) is 3.29. The number of likely N-dealkylation sites (tertiary alicyclic amines) is 1. The predicted molar refractivity (Wildman–Crippen MR) is 90.5 cm³/mol. The van der Waals surface area contributed by atoms with Crippen molar-refractivity contribution in [3.8, 4) is 0 Å². The molecule has 0 radical (unpaired) electrons. The van der Waals surface area contributed by atoms with Crippen molar-refractivity contribution in [3.63, 3.8) is 0 Å². The molecule has 0 unspecified atom stereocenters. The van der Waals surface area contributed by atoms with Gasteiger partial charge in [0.15, 0.2) is 5.76 Å². The molecule has 1 aliphatic carbocycles. The average molecular weight is 336 g/mol. The number of thioether (sulfide) groups is 1. The maximum atomic E-state index is 12.7. The third-order valence-corrected chi connectivity index (χ3v) is 6.03. The standard InChI is InChI=1S/C17H24N2O3S/c1-2-23-15-9-3-6-12(15)18-16(20)13-7-4-10-19(13)17(21)14-8-5-11-22-14/h5,8,11-13,15H,2-4,6-7,9-10H2,1H3,(H,18,20)/t12-,13+,15+/m1/s1. The van der Waals surface area contributed by atoms with Gasteiger partial charge in [-0.1, -0.05) is 13.3 Å². The third-order valence-electron chi connectivity index (χ3n) is 4.71. The molecule has 1 N–H and O–H groups in total. The molecule has 6 heteroatoms. The molecule has 2 heterocycles. The van der Waals surface area contributed by atoms with Crippen LogP contribution in [-0.2, 0) is 4.79 Å². The van der Waals surface area contributed by atoms with Crippen molar-refractivity contribution < 1.29 is 14.0 Å². The normalized spacial score (nSPS) is 27.3. The monoisotopic (exact) mass is 336 g/mol. The van der Waals surface area contributed by atoms with E-state index in [0.717, 1.165) is 25.0 Å². The van der Waals surface area contributed by atoms with Crippen LogP contribution in [-0.4, -0.2) is 46.3 Å². The fourth-order valence-electron chi connectivity index (χ4n) is 3.61. The number of nitrogens with zero attached hydrogens (tertiary/aromatic N) is 1. The smallest absolute Gasteiger partial charge is 0.290 e. The van der Waals surface area contributed by atoms with Crippen molar-refractivity contribution in [2.75, 3.05) is 12.3 Å². The molecule has 0 aromatic carbocycles. The molecule has 0 bridgehead atoms. The summed E-state index contributed by atoms with van der Waals surface area (Å²) >= 11 is 1.93. The number of furan rings is 1. The van der Waals surface area contributed by atoms with E-state index in [1.807, 2.05) is 11.8 Å². The van der Waals surface area contributed by atoms with Crippen molar-refractivity contribution in [1.82, 2.24) is 10.2 Å². The molecule has 2 fully saturated rings. The van der Waals surface area contributed by atoms with Crippen LogP contribution in [0.25, 0.3) is 0 Å². The first-order valence-corrected chi connectivity index (χ1v) is 9.52. The fraction of sp³-hybridized carbons (Fsp3) is 0.647. The summed E-state index contributed by atoms with van der Waals surface area (Å²) in [5.41, 5.74) is 0. The Morgan fingerprint density at radius 2 is 2.22 bits per heavy atom. The lowest BCUT2D eigenvalue weighted by molar-refractivity contribution is -0.125. The first kappa shape index (κ1) is 16.4. The van der Waals surface area contributed by atoms with E-state index >= 15 is 0 Å². The molecular weight excluding hydrogens is 312 g/mol. The number of carbonyl (C=O) groups is 2. The van der Waals surface area contributed by atoms with Crippen molar-refractivity contribution in [2.24, 2.45) is 0 Å². The van der Waals surface area contributed by atoms with Crippen molar-refractivity contribution >= 4 is 23.6 Å². The van der Waals surface area contributed by atoms with Crippen LogP contribution in [0, 0.1) is 0 Å². The van der Waals surface area contributed by atoms with Gasteiger partial charge in [-0.2, -0.15) is 11.8 Å². The van der Waals surface area contributed by atoms with Crippen LogP contribution in [0.3, 0.4) is 0 Å². The minimum atomic E-state index is -0.361. The highest BCUT2D eigenvalue weighted by molar-refractivity contribution is 7.99. The van der Waals surface area contributed by atoms with E-state index in [-0.39, 0.29) is 23.9 Å². The zero-order valence-electron chi connectivity index (χ0n) is 13.5. The van der Waals surface area contributed by atoms with Gasteiger partial charge in [-0.05, 0) is 43.6 Å². The molecule has 5 nitrogen and oxygen atoms in total. The second-order valence-electron chi connectivity index (χ2n) is 6.17. The van der Waals surface area contributed by atoms with E-state index in [2.05, 4.69) is 12.2 Å². The molecule has 23 heavy (non-hydrogen) atoms. The maximum absolute atomic E-state index is 12.7. The first-order valence-electron chi connectivity index (χ1n) is 8.47. The molecule has 3 rings (SSSR count). The number of nitrogens with one attached hydrogen (secondary N) is 1. The van der Waals surface area contributed by atoms with Crippen LogP contribution in [0.2, 0.25) is 0 Å². The van der Waals surface area contributed by atoms with Gasteiger partial charge in [-0.3, -0.25) is 9.59 Å². The van der Waals surface area contributed by atoms with Gasteiger partial charge in [0.2, 0.25) is 5.91 Å². The fourth-order valence-corrected chi connectivity index (χ4v) is 4.81. The van der Waals surface area contributed by atoms with E-state index in [4.69, 9.17) is 4.42 Å². The molecule has 0 spiro atoms. The second kappa shape index (κ2) is 7.43. The molecule has 1 saturated heterocycles. The molecular formula is C17H24N2O3S.